The molecule has 0 radical (unpaired) electrons. The van der Waals surface area contributed by atoms with Gasteiger partial charge in [0.25, 0.3) is 5.56 Å². The third-order valence-electron chi connectivity index (χ3n) is 5.86. The van der Waals surface area contributed by atoms with Gasteiger partial charge in [0.1, 0.15) is 4.90 Å². The summed E-state index contributed by atoms with van der Waals surface area (Å²) in [5, 5.41) is 1.68. The normalized spacial score (nSPS) is 12.7. The van der Waals surface area contributed by atoms with E-state index in [1.165, 1.54) is 23.5 Å². The zero-order valence-electron chi connectivity index (χ0n) is 18.5. The fraction of sp³-hybridized carbons (Fsp3) is 0.0370. The maximum atomic E-state index is 13.3. The molecular weight excluding hydrogens is 480 g/mol. The Morgan fingerprint density at radius 2 is 1.66 bits per heavy atom. The number of imidazole rings is 1. The SMILES string of the molecule is Cc1ccc(S(=O)(=O)Oc2ccc3ccccc3c2C=c2sc3nc4ccccc4n3c2=O)cc1. The Balaban J connectivity index is 1.57. The molecule has 0 saturated heterocycles. The number of aromatic nitrogens is 2. The first-order valence-electron chi connectivity index (χ1n) is 10.9. The van der Waals surface area contributed by atoms with Gasteiger partial charge in [-0.1, -0.05) is 71.5 Å². The molecule has 35 heavy (non-hydrogen) atoms. The van der Waals surface area contributed by atoms with Crippen molar-refractivity contribution in [2.45, 2.75) is 11.8 Å². The van der Waals surface area contributed by atoms with Crippen LogP contribution in [0.25, 0.3) is 32.8 Å². The number of hydrogen-bond acceptors (Lipinski definition) is 6. The second-order valence-electron chi connectivity index (χ2n) is 8.18. The van der Waals surface area contributed by atoms with Crippen LogP contribution in [0.4, 0.5) is 0 Å². The third-order valence-corrected chi connectivity index (χ3v) is 8.08. The molecule has 172 valence electrons. The van der Waals surface area contributed by atoms with E-state index in [4.69, 9.17) is 4.18 Å². The van der Waals surface area contributed by atoms with Crippen LogP contribution in [0.1, 0.15) is 11.1 Å². The van der Waals surface area contributed by atoms with E-state index in [-0.39, 0.29) is 16.2 Å². The molecule has 4 aromatic carbocycles. The lowest BCUT2D eigenvalue weighted by molar-refractivity contribution is 0.486. The Morgan fingerprint density at radius 1 is 0.914 bits per heavy atom. The zero-order valence-corrected chi connectivity index (χ0v) is 20.1. The van der Waals surface area contributed by atoms with Crippen molar-refractivity contribution >= 4 is 54.3 Å². The molecule has 6 aromatic rings. The number of benzene rings is 4. The topological polar surface area (TPSA) is 77.7 Å². The van der Waals surface area contributed by atoms with Crippen LogP contribution in [0, 0.1) is 6.92 Å². The fourth-order valence-corrected chi connectivity index (χ4v) is 6.03. The fourth-order valence-electron chi connectivity index (χ4n) is 4.11. The molecule has 0 aliphatic carbocycles. The molecule has 2 heterocycles. The highest BCUT2D eigenvalue weighted by Crippen LogP contribution is 2.31. The van der Waals surface area contributed by atoms with Crippen LogP contribution in [-0.2, 0) is 10.1 Å². The van der Waals surface area contributed by atoms with Crippen molar-refractivity contribution in [2.75, 3.05) is 0 Å². The van der Waals surface area contributed by atoms with Crippen LogP contribution in [0.15, 0.2) is 94.6 Å². The van der Waals surface area contributed by atoms with Gasteiger partial charge in [-0.05, 0) is 54.1 Å². The van der Waals surface area contributed by atoms with Crippen LogP contribution in [0.5, 0.6) is 5.75 Å². The molecule has 0 spiro atoms. The molecule has 0 unspecified atom stereocenters. The molecular formula is C27H18N2O4S2. The summed E-state index contributed by atoms with van der Waals surface area (Å²) in [6.45, 7) is 1.88. The van der Waals surface area contributed by atoms with Crippen molar-refractivity contribution in [3.8, 4) is 5.75 Å². The quantitative estimate of drug-likeness (QED) is 0.330. The molecule has 8 heteroatoms. The number of hydrogen-bond donors (Lipinski definition) is 0. The molecule has 0 amide bonds. The molecule has 0 aliphatic heterocycles. The average Bonchev–Trinajstić information content (AvgIpc) is 3.36. The highest BCUT2D eigenvalue weighted by atomic mass is 32.2. The molecule has 2 aromatic heterocycles. The number of nitrogens with zero attached hydrogens (tertiary/aromatic N) is 2. The Labute approximate surface area is 204 Å². The molecule has 0 N–H and O–H groups in total. The first-order valence-corrected chi connectivity index (χ1v) is 13.1. The summed E-state index contributed by atoms with van der Waals surface area (Å²) in [7, 11) is -4.08. The molecule has 6 nitrogen and oxygen atoms in total. The average molecular weight is 499 g/mol. The van der Waals surface area contributed by atoms with Crippen molar-refractivity contribution in [2.24, 2.45) is 0 Å². The second-order valence-corrected chi connectivity index (χ2v) is 10.7. The van der Waals surface area contributed by atoms with Gasteiger partial charge in [-0.3, -0.25) is 4.79 Å². The van der Waals surface area contributed by atoms with Gasteiger partial charge in [-0.15, -0.1) is 0 Å². The smallest absolute Gasteiger partial charge is 0.339 e. The van der Waals surface area contributed by atoms with E-state index in [2.05, 4.69) is 4.98 Å². The molecule has 0 fully saturated rings. The van der Waals surface area contributed by atoms with Crippen molar-refractivity contribution in [1.82, 2.24) is 9.38 Å². The predicted molar refractivity (Wildman–Crippen MR) is 139 cm³/mol. The van der Waals surface area contributed by atoms with E-state index in [0.29, 0.717) is 15.1 Å². The van der Waals surface area contributed by atoms with Gasteiger partial charge in [0.2, 0.25) is 0 Å². The Kier molecular flexibility index (Phi) is 4.94. The summed E-state index contributed by atoms with van der Waals surface area (Å²) in [6, 6.07) is 24.9. The predicted octanol–water partition coefficient (Wildman–Crippen LogP) is 4.69. The number of para-hydroxylation sites is 2. The van der Waals surface area contributed by atoms with Crippen molar-refractivity contribution in [1.29, 1.82) is 0 Å². The van der Waals surface area contributed by atoms with Crippen LogP contribution in [-0.4, -0.2) is 17.8 Å². The number of thiazole rings is 1. The third kappa shape index (κ3) is 3.67. The van der Waals surface area contributed by atoms with E-state index in [9.17, 15) is 13.2 Å². The second kappa shape index (κ2) is 8.04. The minimum Gasteiger partial charge on any atom is -0.378 e. The lowest BCUT2D eigenvalue weighted by atomic mass is 10.0. The Bertz CT molecular complexity index is 1970. The first-order chi connectivity index (χ1) is 16.9. The number of rotatable bonds is 4. The number of fused-ring (bicyclic) bond motifs is 4. The summed E-state index contributed by atoms with van der Waals surface area (Å²) >= 11 is 1.26. The van der Waals surface area contributed by atoms with Crippen LogP contribution in [0.3, 0.4) is 0 Å². The van der Waals surface area contributed by atoms with Gasteiger partial charge < -0.3 is 4.18 Å². The monoisotopic (exact) mass is 498 g/mol. The maximum absolute atomic E-state index is 13.3. The van der Waals surface area contributed by atoms with Crippen molar-refractivity contribution < 1.29 is 12.6 Å². The highest BCUT2D eigenvalue weighted by molar-refractivity contribution is 7.87. The Hall–Kier alpha value is -4.01. The van der Waals surface area contributed by atoms with E-state index in [0.717, 1.165) is 27.4 Å². The van der Waals surface area contributed by atoms with Gasteiger partial charge in [0.05, 0.1) is 15.6 Å². The first kappa shape index (κ1) is 21.5. The van der Waals surface area contributed by atoms with Crippen molar-refractivity contribution in [3.05, 3.63) is 111 Å². The van der Waals surface area contributed by atoms with Gasteiger partial charge in [-0.25, -0.2) is 9.38 Å². The van der Waals surface area contributed by atoms with Gasteiger partial charge >= 0.3 is 10.1 Å². The van der Waals surface area contributed by atoms with E-state index in [1.807, 2.05) is 55.5 Å². The summed E-state index contributed by atoms with van der Waals surface area (Å²) in [5.41, 5.74) is 2.74. The molecule has 6 rings (SSSR count). The Morgan fingerprint density at radius 3 is 2.49 bits per heavy atom. The zero-order chi connectivity index (χ0) is 24.2. The lowest BCUT2D eigenvalue weighted by Gasteiger charge is -2.12. The molecule has 0 atom stereocenters. The maximum Gasteiger partial charge on any atom is 0.339 e. The summed E-state index contributed by atoms with van der Waals surface area (Å²) in [4.78, 5) is 18.5. The van der Waals surface area contributed by atoms with Crippen molar-refractivity contribution in [3.63, 3.8) is 0 Å². The number of aryl methyl sites for hydroxylation is 1. The molecule has 0 aliphatic rings. The largest absolute Gasteiger partial charge is 0.378 e. The summed E-state index contributed by atoms with van der Waals surface area (Å²) in [5.74, 6) is 0.152. The van der Waals surface area contributed by atoms with E-state index >= 15 is 0 Å². The van der Waals surface area contributed by atoms with E-state index in [1.54, 1.807) is 34.7 Å². The summed E-state index contributed by atoms with van der Waals surface area (Å²) in [6.07, 6.45) is 1.69. The minimum absolute atomic E-state index is 0.0628. The summed E-state index contributed by atoms with van der Waals surface area (Å²) < 4.78 is 33.8. The van der Waals surface area contributed by atoms with Gasteiger partial charge in [-0.2, -0.15) is 8.42 Å². The molecule has 0 saturated carbocycles. The standard InChI is InChI=1S/C27H18N2O4S2/c1-17-10-13-19(14-11-17)35(31,32)33-24-15-12-18-6-2-3-7-20(18)21(24)16-25-26(30)29-23-9-5-4-8-22(23)28-27(29)34-25/h2-16H,1H3. The van der Waals surface area contributed by atoms with Crippen LogP contribution < -0.4 is 14.3 Å². The molecule has 0 bridgehead atoms. The lowest BCUT2D eigenvalue weighted by Crippen LogP contribution is -2.23. The van der Waals surface area contributed by atoms with Gasteiger partial charge in [0.15, 0.2) is 10.7 Å². The van der Waals surface area contributed by atoms with Crippen LogP contribution >= 0.6 is 11.3 Å². The van der Waals surface area contributed by atoms with E-state index < -0.39 is 10.1 Å². The van der Waals surface area contributed by atoms with Crippen LogP contribution in [0.2, 0.25) is 0 Å². The highest BCUT2D eigenvalue weighted by Gasteiger charge is 2.20. The minimum atomic E-state index is -4.08. The van der Waals surface area contributed by atoms with Gasteiger partial charge in [0, 0.05) is 5.56 Å².